The Morgan fingerprint density at radius 3 is 2.62 bits per heavy atom. The van der Waals surface area contributed by atoms with Gasteiger partial charge in [0.05, 0.1) is 11.5 Å². The summed E-state index contributed by atoms with van der Waals surface area (Å²) < 4.78 is 33.8. The summed E-state index contributed by atoms with van der Waals surface area (Å²) in [5.41, 5.74) is 5.82. The van der Waals surface area contributed by atoms with E-state index in [0.717, 1.165) is 24.6 Å². The van der Waals surface area contributed by atoms with E-state index in [1.165, 1.54) is 0 Å². The van der Waals surface area contributed by atoms with Crippen molar-refractivity contribution in [2.75, 3.05) is 19.7 Å². The van der Waals surface area contributed by atoms with Gasteiger partial charge in [-0.15, -0.1) is 0 Å². The smallest absolute Gasteiger partial charge is 0.243 e. The fourth-order valence-electron chi connectivity index (χ4n) is 3.40. The van der Waals surface area contributed by atoms with Crippen LogP contribution in [0, 0.1) is 0 Å². The summed E-state index contributed by atoms with van der Waals surface area (Å²) in [4.78, 5) is 0.335. The number of nitrogens with two attached hydrogens (primary N) is 1. The Bertz CT molecular complexity index is 820. The standard InChI is InChI=1S/C18H24N2O3S/c1-2-23-17-10-11-18(16-9-4-3-8-15(16)17)24(21,22)20-12-6-5-7-14(20)13-19/h3-4,8-11,14H,2,5-7,12-13,19H2,1H3. The van der Waals surface area contributed by atoms with Gasteiger partial charge in [-0.3, -0.25) is 0 Å². The summed E-state index contributed by atoms with van der Waals surface area (Å²) in [5.74, 6) is 0.709. The third-order valence-corrected chi connectivity index (χ3v) is 6.59. The van der Waals surface area contributed by atoms with Gasteiger partial charge in [-0.25, -0.2) is 8.42 Å². The lowest BCUT2D eigenvalue weighted by molar-refractivity contribution is 0.258. The van der Waals surface area contributed by atoms with Crippen LogP contribution < -0.4 is 10.5 Å². The van der Waals surface area contributed by atoms with Gasteiger partial charge in [0.25, 0.3) is 0 Å². The fourth-order valence-corrected chi connectivity index (χ4v) is 5.30. The molecule has 130 valence electrons. The molecule has 6 heteroatoms. The lowest BCUT2D eigenvalue weighted by Crippen LogP contribution is -2.47. The van der Waals surface area contributed by atoms with Gasteiger partial charge in [-0.05, 0) is 31.9 Å². The van der Waals surface area contributed by atoms with Crippen LogP contribution >= 0.6 is 0 Å². The lowest BCUT2D eigenvalue weighted by atomic mass is 10.1. The van der Waals surface area contributed by atoms with E-state index in [1.807, 2.05) is 31.2 Å². The Hall–Kier alpha value is -1.63. The van der Waals surface area contributed by atoms with E-state index in [1.54, 1.807) is 16.4 Å². The quantitative estimate of drug-likeness (QED) is 0.902. The number of sulfonamides is 1. The Kier molecular flexibility index (Phi) is 5.08. The van der Waals surface area contributed by atoms with Crippen molar-refractivity contribution < 1.29 is 13.2 Å². The molecule has 0 radical (unpaired) electrons. The minimum absolute atomic E-state index is 0.117. The van der Waals surface area contributed by atoms with Crippen molar-refractivity contribution >= 4 is 20.8 Å². The van der Waals surface area contributed by atoms with Crippen molar-refractivity contribution in [3.05, 3.63) is 36.4 Å². The number of rotatable bonds is 5. The maximum absolute atomic E-state index is 13.3. The number of fused-ring (bicyclic) bond motifs is 1. The first-order valence-electron chi connectivity index (χ1n) is 8.46. The maximum Gasteiger partial charge on any atom is 0.243 e. The van der Waals surface area contributed by atoms with Crippen LogP contribution in [0.5, 0.6) is 5.75 Å². The summed E-state index contributed by atoms with van der Waals surface area (Å²) in [7, 11) is -3.58. The molecule has 0 aromatic heterocycles. The molecule has 2 N–H and O–H groups in total. The van der Waals surface area contributed by atoms with Crippen LogP contribution in [0.4, 0.5) is 0 Å². The van der Waals surface area contributed by atoms with E-state index in [4.69, 9.17) is 10.5 Å². The van der Waals surface area contributed by atoms with Crippen LogP contribution in [0.2, 0.25) is 0 Å². The number of ether oxygens (including phenoxy) is 1. The molecule has 0 amide bonds. The molecule has 0 saturated carbocycles. The van der Waals surface area contributed by atoms with Gasteiger partial charge in [-0.1, -0.05) is 30.7 Å². The van der Waals surface area contributed by atoms with E-state index < -0.39 is 10.0 Å². The van der Waals surface area contributed by atoms with Crippen LogP contribution in [0.1, 0.15) is 26.2 Å². The van der Waals surface area contributed by atoms with Crippen molar-refractivity contribution in [2.24, 2.45) is 5.73 Å². The van der Waals surface area contributed by atoms with Crippen molar-refractivity contribution in [3.8, 4) is 5.75 Å². The predicted octanol–water partition coefficient (Wildman–Crippen LogP) is 2.74. The van der Waals surface area contributed by atoms with Crippen LogP contribution in [0.15, 0.2) is 41.3 Å². The first kappa shape index (κ1) is 17.2. The molecule has 1 saturated heterocycles. The first-order valence-corrected chi connectivity index (χ1v) is 9.90. The topological polar surface area (TPSA) is 72.6 Å². The molecule has 1 fully saturated rings. The van der Waals surface area contributed by atoms with E-state index >= 15 is 0 Å². The van der Waals surface area contributed by atoms with E-state index in [2.05, 4.69) is 0 Å². The molecule has 0 spiro atoms. The third-order valence-electron chi connectivity index (χ3n) is 4.58. The SMILES string of the molecule is CCOc1ccc(S(=O)(=O)N2CCCCC2CN)c2ccccc12. The number of hydrogen-bond donors (Lipinski definition) is 1. The molecular weight excluding hydrogens is 324 g/mol. The number of hydrogen-bond acceptors (Lipinski definition) is 4. The monoisotopic (exact) mass is 348 g/mol. The van der Waals surface area contributed by atoms with Crippen molar-refractivity contribution in [1.82, 2.24) is 4.31 Å². The molecule has 2 aromatic rings. The third kappa shape index (κ3) is 3.01. The van der Waals surface area contributed by atoms with Gasteiger partial charge in [-0.2, -0.15) is 4.31 Å². The average molecular weight is 348 g/mol. The molecule has 1 aliphatic rings. The first-order chi connectivity index (χ1) is 11.6. The highest BCUT2D eigenvalue weighted by Crippen LogP contribution is 2.34. The Labute approximate surface area is 143 Å². The average Bonchev–Trinajstić information content (AvgIpc) is 2.62. The summed E-state index contributed by atoms with van der Waals surface area (Å²) in [5, 5.41) is 1.52. The van der Waals surface area contributed by atoms with Crippen molar-refractivity contribution in [3.63, 3.8) is 0 Å². The second-order valence-corrected chi connectivity index (χ2v) is 7.90. The molecule has 1 atom stereocenters. The predicted molar refractivity (Wildman–Crippen MR) is 95.7 cm³/mol. The van der Waals surface area contributed by atoms with Gasteiger partial charge in [0.15, 0.2) is 0 Å². The zero-order valence-electron chi connectivity index (χ0n) is 13.9. The highest BCUT2D eigenvalue weighted by atomic mass is 32.2. The van der Waals surface area contributed by atoms with Crippen LogP contribution in [-0.4, -0.2) is 38.5 Å². The normalized spacial score (nSPS) is 19.5. The van der Waals surface area contributed by atoms with Gasteiger partial charge < -0.3 is 10.5 Å². The summed E-state index contributed by atoms with van der Waals surface area (Å²) in [6.07, 6.45) is 2.73. The van der Waals surface area contributed by atoms with Crippen molar-refractivity contribution in [2.45, 2.75) is 37.1 Å². The molecule has 1 aliphatic heterocycles. The molecule has 2 aromatic carbocycles. The maximum atomic E-state index is 13.3. The van der Waals surface area contributed by atoms with E-state index in [9.17, 15) is 8.42 Å². The van der Waals surface area contributed by atoms with Gasteiger partial charge >= 0.3 is 0 Å². The van der Waals surface area contributed by atoms with Gasteiger partial charge in [0.1, 0.15) is 5.75 Å². The minimum atomic E-state index is -3.58. The second-order valence-electron chi connectivity index (χ2n) is 6.04. The molecule has 24 heavy (non-hydrogen) atoms. The Balaban J connectivity index is 2.13. The van der Waals surface area contributed by atoms with Crippen LogP contribution in [-0.2, 0) is 10.0 Å². The summed E-state index contributed by atoms with van der Waals surface area (Å²) in [6, 6.07) is 10.8. The van der Waals surface area contributed by atoms with Gasteiger partial charge in [0.2, 0.25) is 10.0 Å². The highest BCUT2D eigenvalue weighted by molar-refractivity contribution is 7.89. The number of benzene rings is 2. The molecule has 1 unspecified atom stereocenters. The largest absolute Gasteiger partial charge is 0.493 e. The molecule has 3 rings (SSSR count). The molecule has 5 nitrogen and oxygen atoms in total. The van der Waals surface area contributed by atoms with Crippen LogP contribution in [0.25, 0.3) is 10.8 Å². The molecular formula is C18H24N2O3S. The zero-order chi connectivity index (χ0) is 17.2. The molecule has 0 bridgehead atoms. The number of nitrogens with zero attached hydrogens (tertiary/aromatic N) is 1. The lowest BCUT2D eigenvalue weighted by Gasteiger charge is -2.34. The highest BCUT2D eigenvalue weighted by Gasteiger charge is 2.33. The second kappa shape index (κ2) is 7.09. The minimum Gasteiger partial charge on any atom is -0.493 e. The number of piperidine rings is 1. The Morgan fingerprint density at radius 1 is 1.17 bits per heavy atom. The summed E-state index contributed by atoms with van der Waals surface area (Å²) in [6.45, 7) is 3.34. The molecule has 1 heterocycles. The van der Waals surface area contributed by atoms with Gasteiger partial charge in [0, 0.05) is 29.9 Å². The fraction of sp³-hybridized carbons (Fsp3) is 0.444. The molecule has 0 aliphatic carbocycles. The van der Waals surface area contributed by atoms with E-state index in [0.29, 0.717) is 35.7 Å². The Morgan fingerprint density at radius 2 is 1.92 bits per heavy atom. The van der Waals surface area contributed by atoms with Crippen molar-refractivity contribution in [1.29, 1.82) is 0 Å². The summed E-state index contributed by atoms with van der Waals surface area (Å²) >= 11 is 0. The zero-order valence-corrected chi connectivity index (χ0v) is 14.8. The van der Waals surface area contributed by atoms with E-state index in [-0.39, 0.29) is 6.04 Å². The van der Waals surface area contributed by atoms with Crippen LogP contribution in [0.3, 0.4) is 0 Å².